The minimum Gasteiger partial charge on any atom is -0.504 e. The third-order valence-electron chi connectivity index (χ3n) is 5.04. The number of hydrogen-bond donors (Lipinski definition) is 2. The molecule has 1 atom stereocenters. The van der Waals surface area contributed by atoms with Crippen molar-refractivity contribution in [2.24, 2.45) is 0 Å². The second-order valence-corrected chi connectivity index (χ2v) is 7.12. The first-order chi connectivity index (χ1) is 13.2. The second-order valence-electron chi connectivity index (χ2n) is 7.12. The van der Waals surface area contributed by atoms with Crippen LogP contribution < -0.4 is 0 Å². The third kappa shape index (κ3) is 3.45. The molecule has 6 nitrogen and oxygen atoms in total. The zero-order chi connectivity index (χ0) is 20.6. The molecule has 7 heteroatoms. The van der Waals surface area contributed by atoms with Crippen molar-refractivity contribution in [1.29, 1.82) is 0 Å². The molecule has 2 N–H and O–H groups in total. The number of aliphatic hydroxyl groups is 1. The fraction of sp³-hybridized carbons (Fsp3) is 0.333. The number of imidazole rings is 1. The molecule has 0 aliphatic heterocycles. The summed E-state index contributed by atoms with van der Waals surface area (Å²) in [6.07, 6.45) is 0.953. The summed E-state index contributed by atoms with van der Waals surface area (Å²) in [5.74, 6) is -0.846. The van der Waals surface area contributed by atoms with E-state index in [9.17, 15) is 19.4 Å². The van der Waals surface area contributed by atoms with Crippen molar-refractivity contribution in [3.8, 4) is 5.75 Å². The summed E-state index contributed by atoms with van der Waals surface area (Å²) in [4.78, 5) is 18.5. The lowest BCUT2D eigenvalue weighted by molar-refractivity contribution is 0.0824. The van der Waals surface area contributed by atoms with E-state index in [1.165, 1.54) is 17.0 Å². The topological polar surface area (TPSA) is 78.1 Å². The standard InChI is InChI=1S/C21H24FN3O3/c1-12-13(2)25-11-16(21(28)24(3)4)14(19(27)20(25)23-12)9-10-18(26)15-7-5-6-8-17(15)22/h5-8,11,18,26-27H,9-10H2,1-4H3. The number of aliphatic hydroxyl groups excluding tert-OH is 1. The number of aromatic hydroxyl groups is 1. The monoisotopic (exact) mass is 385 g/mol. The average molecular weight is 385 g/mol. The molecule has 2 aromatic heterocycles. The summed E-state index contributed by atoms with van der Waals surface area (Å²) in [6.45, 7) is 3.69. The van der Waals surface area contributed by atoms with E-state index in [1.54, 1.807) is 36.8 Å². The van der Waals surface area contributed by atoms with Crippen LogP contribution in [0.25, 0.3) is 5.65 Å². The van der Waals surface area contributed by atoms with Crippen molar-refractivity contribution in [2.75, 3.05) is 14.1 Å². The molecular weight excluding hydrogens is 361 g/mol. The SMILES string of the molecule is Cc1nc2c(O)c(CCC(O)c3ccccc3F)c(C(=O)N(C)C)cn2c1C. The van der Waals surface area contributed by atoms with Crippen LogP contribution in [-0.4, -0.2) is 44.5 Å². The molecule has 2 heterocycles. The number of benzene rings is 1. The van der Waals surface area contributed by atoms with Crippen molar-refractivity contribution in [1.82, 2.24) is 14.3 Å². The summed E-state index contributed by atoms with van der Waals surface area (Å²) in [5.41, 5.74) is 2.86. The lowest BCUT2D eigenvalue weighted by atomic mass is 9.97. The van der Waals surface area contributed by atoms with Crippen LogP contribution in [0.5, 0.6) is 5.75 Å². The van der Waals surface area contributed by atoms with Crippen LogP contribution in [0.1, 0.15) is 45.4 Å². The number of carbonyl (C=O) groups is 1. The first-order valence-corrected chi connectivity index (χ1v) is 9.06. The van der Waals surface area contributed by atoms with Crippen LogP contribution in [0.4, 0.5) is 4.39 Å². The number of rotatable bonds is 5. The van der Waals surface area contributed by atoms with Gasteiger partial charge in [-0.1, -0.05) is 18.2 Å². The number of aryl methyl sites for hydroxylation is 2. The number of pyridine rings is 1. The Morgan fingerprint density at radius 3 is 2.61 bits per heavy atom. The maximum atomic E-state index is 13.9. The van der Waals surface area contributed by atoms with Crippen LogP contribution in [-0.2, 0) is 6.42 Å². The summed E-state index contributed by atoms with van der Waals surface area (Å²) in [7, 11) is 3.27. The number of nitrogens with zero attached hydrogens (tertiary/aromatic N) is 3. The molecule has 3 aromatic rings. The van der Waals surface area contributed by atoms with Gasteiger partial charge in [-0.2, -0.15) is 0 Å². The third-order valence-corrected chi connectivity index (χ3v) is 5.04. The van der Waals surface area contributed by atoms with Gasteiger partial charge in [0.05, 0.1) is 17.4 Å². The molecule has 1 unspecified atom stereocenters. The van der Waals surface area contributed by atoms with Crippen molar-refractivity contribution in [3.05, 3.63) is 64.4 Å². The zero-order valence-corrected chi connectivity index (χ0v) is 16.4. The Bertz CT molecular complexity index is 1040. The highest BCUT2D eigenvalue weighted by Gasteiger charge is 2.23. The number of amides is 1. The highest BCUT2D eigenvalue weighted by Crippen LogP contribution is 2.32. The van der Waals surface area contributed by atoms with Crippen molar-refractivity contribution in [2.45, 2.75) is 32.8 Å². The van der Waals surface area contributed by atoms with Crippen LogP contribution in [0.3, 0.4) is 0 Å². The molecular formula is C21H24FN3O3. The Balaban J connectivity index is 2.03. The second kappa shape index (κ2) is 7.59. The Kier molecular flexibility index (Phi) is 5.38. The Morgan fingerprint density at radius 1 is 1.29 bits per heavy atom. The Hall–Kier alpha value is -2.93. The summed E-state index contributed by atoms with van der Waals surface area (Å²) < 4.78 is 15.6. The van der Waals surface area contributed by atoms with Gasteiger partial charge in [0.1, 0.15) is 5.82 Å². The van der Waals surface area contributed by atoms with Gasteiger partial charge in [0.15, 0.2) is 11.4 Å². The minimum atomic E-state index is -1.05. The van der Waals surface area contributed by atoms with E-state index >= 15 is 0 Å². The van der Waals surface area contributed by atoms with E-state index in [0.717, 1.165) is 11.4 Å². The fourth-order valence-electron chi connectivity index (χ4n) is 3.28. The van der Waals surface area contributed by atoms with Gasteiger partial charge >= 0.3 is 0 Å². The predicted octanol–water partition coefficient (Wildman–Crippen LogP) is 3.16. The van der Waals surface area contributed by atoms with Gasteiger partial charge in [-0.15, -0.1) is 0 Å². The number of hydrogen-bond acceptors (Lipinski definition) is 4. The van der Waals surface area contributed by atoms with Crippen molar-refractivity contribution < 1.29 is 19.4 Å². The molecule has 0 aliphatic carbocycles. The predicted molar refractivity (Wildman–Crippen MR) is 104 cm³/mol. The number of fused-ring (bicyclic) bond motifs is 1. The van der Waals surface area contributed by atoms with Gasteiger partial charge in [-0.3, -0.25) is 4.79 Å². The average Bonchev–Trinajstić information content (AvgIpc) is 2.95. The molecule has 148 valence electrons. The van der Waals surface area contributed by atoms with E-state index in [4.69, 9.17) is 0 Å². The van der Waals surface area contributed by atoms with Gasteiger partial charge in [0.25, 0.3) is 5.91 Å². The van der Waals surface area contributed by atoms with Gasteiger partial charge in [0, 0.05) is 37.1 Å². The van der Waals surface area contributed by atoms with E-state index in [0.29, 0.717) is 16.8 Å². The van der Waals surface area contributed by atoms with Gasteiger partial charge < -0.3 is 19.5 Å². The number of aromatic nitrogens is 2. The van der Waals surface area contributed by atoms with E-state index in [-0.39, 0.29) is 30.1 Å². The lowest BCUT2D eigenvalue weighted by Gasteiger charge is -2.18. The first-order valence-electron chi connectivity index (χ1n) is 9.06. The molecule has 0 saturated carbocycles. The van der Waals surface area contributed by atoms with Gasteiger partial charge in [-0.25, -0.2) is 9.37 Å². The van der Waals surface area contributed by atoms with Crippen molar-refractivity contribution >= 4 is 11.6 Å². The smallest absolute Gasteiger partial charge is 0.255 e. The number of carbonyl (C=O) groups excluding carboxylic acids is 1. The van der Waals surface area contributed by atoms with E-state index in [1.807, 2.05) is 13.8 Å². The van der Waals surface area contributed by atoms with E-state index in [2.05, 4.69) is 4.98 Å². The minimum absolute atomic E-state index is 0.0929. The summed E-state index contributed by atoms with van der Waals surface area (Å²) >= 11 is 0. The van der Waals surface area contributed by atoms with Gasteiger partial charge in [0.2, 0.25) is 0 Å². The normalized spacial score (nSPS) is 12.4. The maximum Gasteiger partial charge on any atom is 0.255 e. The summed E-state index contributed by atoms with van der Waals surface area (Å²) in [5, 5.41) is 21.2. The van der Waals surface area contributed by atoms with Crippen LogP contribution >= 0.6 is 0 Å². The van der Waals surface area contributed by atoms with Crippen LogP contribution in [0.15, 0.2) is 30.5 Å². The lowest BCUT2D eigenvalue weighted by Crippen LogP contribution is -2.24. The molecule has 3 rings (SSSR count). The molecule has 0 bridgehead atoms. The molecule has 0 saturated heterocycles. The quantitative estimate of drug-likeness (QED) is 0.707. The number of halogens is 1. The first kappa shape index (κ1) is 19.8. The Labute approximate surface area is 162 Å². The highest BCUT2D eigenvalue weighted by atomic mass is 19.1. The fourth-order valence-corrected chi connectivity index (χ4v) is 3.28. The molecule has 0 spiro atoms. The molecule has 0 aliphatic rings. The zero-order valence-electron chi connectivity index (χ0n) is 16.4. The van der Waals surface area contributed by atoms with E-state index < -0.39 is 11.9 Å². The maximum absolute atomic E-state index is 13.9. The highest BCUT2D eigenvalue weighted by molar-refractivity contribution is 5.96. The van der Waals surface area contributed by atoms with Crippen molar-refractivity contribution in [3.63, 3.8) is 0 Å². The Morgan fingerprint density at radius 2 is 1.96 bits per heavy atom. The molecule has 1 aromatic carbocycles. The molecule has 0 fully saturated rings. The molecule has 0 radical (unpaired) electrons. The van der Waals surface area contributed by atoms with Crippen LogP contribution in [0, 0.1) is 19.7 Å². The molecule has 28 heavy (non-hydrogen) atoms. The largest absolute Gasteiger partial charge is 0.504 e. The van der Waals surface area contributed by atoms with Gasteiger partial charge in [-0.05, 0) is 32.8 Å². The summed E-state index contributed by atoms with van der Waals surface area (Å²) in [6, 6.07) is 6.03. The molecule has 1 amide bonds. The van der Waals surface area contributed by atoms with Crippen LogP contribution in [0.2, 0.25) is 0 Å².